The maximum atomic E-state index is 5.39. The summed E-state index contributed by atoms with van der Waals surface area (Å²) in [6.45, 7) is 8.23. The van der Waals surface area contributed by atoms with Gasteiger partial charge in [0.05, 0.1) is 5.60 Å². The molecule has 0 aromatic rings. The van der Waals surface area contributed by atoms with Crippen LogP contribution in [0, 0.1) is 5.41 Å². The van der Waals surface area contributed by atoms with Gasteiger partial charge < -0.3 is 15.4 Å². The minimum absolute atomic E-state index is 0.172. The van der Waals surface area contributed by atoms with Gasteiger partial charge in [-0.2, -0.15) is 0 Å². The Morgan fingerprint density at radius 3 is 2.39 bits per heavy atom. The lowest BCUT2D eigenvalue weighted by Crippen LogP contribution is -2.47. The zero-order chi connectivity index (χ0) is 13.6. The van der Waals surface area contributed by atoms with Crippen LogP contribution in [0.5, 0.6) is 0 Å². The number of ether oxygens (including phenoxy) is 1. The van der Waals surface area contributed by atoms with Gasteiger partial charge in [0.25, 0.3) is 0 Å². The number of hydrogen-bond donors (Lipinski definition) is 2. The molecule has 1 saturated carbocycles. The molecule has 0 saturated heterocycles. The minimum Gasteiger partial charge on any atom is -0.377 e. The van der Waals surface area contributed by atoms with E-state index in [1.165, 1.54) is 25.7 Å². The Morgan fingerprint density at radius 1 is 1.28 bits per heavy atom. The van der Waals surface area contributed by atoms with Crippen LogP contribution in [-0.2, 0) is 4.74 Å². The summed E-state index contributed by atoms with van der Waals surface area (Å²) in [5.74, 6) is 0.869. The Balaban J connectivity index is 2.34. The number of methoxy groups -OCH3 is 1. The van der Waals surface area contributed by atoms with Gasteiger partial charge >= 0.3 is 0 Å². The number of guanidine groups is 1. The first kappa shape index (κ1) is 15.3. The maximum absolute atomic E-state index is 5.39. The molecule has 0 spiro atoms. The third-order valence-electron chi connectivity index (χ3n) is 3.95. The van der Waals surface area contributed by atoms with E-state index in [1.807, 2.05) is 7.05 Å². The normalized spacial score (nSPS) is 19.9. The van der Waals surface area contributed by atoms with E-state index in [1.54, 1.807) is 7.11 Å². The van der Waals surface area contributed by atoms with Crippen LogP contribution in [0.3, 0.4) is 0 Å². The van der Waals surface area contributed by atoms with Gasteiger partial charge in [-0.15, -0.1) is 0 Å². The highest BCUT2D eigenvalue weighted by molar-refractivity contribution is 5.79. The molecule has 18 heavy (non-hydrogen) atoms. The van der Waals surface area contributed by atoms with Gasteiger partial charge in [-0.3, -0.25) is 4.99 Å². The molecule has 0 heterocycles. The Labute approximate surface area is 112 Å². The highest BCUT2D eigenvalue weighted by Crippen LogP contribution is 2.36. The lowest BCUT2D eigenvalue weighted by Gasteiger charge is -2.27. The van der Waals surface area contributed by atoms with E-state index in [0.717, 1.165) is 19.0 Å². The molecule has 1 rings (SSSR count). The minimum atomic E-state index is -0.172. The van der Waals surface area contributed by atoms with Gasteiger partial charge in [-0.1, -0.05) is 19.8 Å². The average molecular weight is 255 g/mol. The molecule has 4 heteroatoms. The predicted molar refractivity (Wildman–Crippen MR) is 77.0 cm³/mol. The third kappa shape index (κ3) is 4.84. The molecule has 2 N–H and O–H groups in total. The Kier molecular flexibility index (Phi) is 5.45. The van der Waals surface area contributed by atoms with Crippen molar-refractivity contribution in [2.24, 2.45) is 10.4 Å². The summed E-state index contributed by atoms with van der Waals surface area (Å²) in [5.41, 5.74) is 0.267. The molecular weight excluding hydrogens is 226 g/mol. The van der Waals surface area contributed by atoms with Gasteiger partial charge in [0.2, 0.25) is 0 Å². The van der Waals surface area contributed by atoms with Gasteiger partial charge in [-0.25, -0.2) is 0 Å². The van der Waals surface area contributed by atoms with E-state index in [4.69, 9.17) is 4.74 Å². The highest BCUT2D eigenvalue weighted by Gasteiger charge is 2.28. The highest BCUT2D eigenvalue weighted by atomic mass is 16.5. The molecule has 4 nitrogen and oxygen atoms in total. The van der Waals surface area contributed by atoms with E-state index >= 15 is 0 Å². The molecule has 1 aliphatic carbocycles. The second-order valence-electron chi connectivity index (χ2n) is 6.26. The monoisotopic (exact) mass is 255 g/mol. The summed E-state index contributed by atoms with van der Waals surface area (Å²) in [6.07, 6.45) is 5.36. The lowest BCUT2D eigenvalue weighted by atomic mass is 9.89. The molecular formula is C14H29N3O. The molecule has 106 valence electrons. The van der Waals surface area contributed by atoms with Crippen LogP contribution < -0.4 is 10.6 Å². The summed E-state index contributed by atoms with van der Waals surface area (Å²) >= 11 is 0. The molecule has 0 unspecified atom stereocenters. The van der Waals surface area contributed by atoms with Crippen LogP contribution >= 0.6 is 0 Å². The molecule has 0 aromatic heterocycles. The van der Waals surface area contributed by atoms with Crippen molar-refractivity contribution in [3.63, 3.8) is 0 Å². The molecule has 0 radical (unpaired) electrons. The molecule has 0 aromatic carbocycles. The van der Waals surface area contributed by atoms with Crippen LogP contribution in [0.2, 0.25) is 0 Å². The summed E-state index contributed by atoms with van der Waals surface area (Å²) in [7, 11) is 3.55. The Hall–Kier alpha value is -0.770. The number of hydrogen-bond acceptors (Lipinski definition) is 2. The first-order valence-electron chi connectivity index (χ1n) is 6.90. The van der Waals surface area contributed by atoms with E-state index in [0.29, 0.717) is 5.41 Å². The van der Waals surface area contributed by atoms with Crippen LogP contribution in [-0.4, -0.2) is 38.8 Å². The zero-order valence-electron chi connectivity index (χ0n) is 12.6. The predicted octanol–water partition coefficient (Wildman–Crippen LogP) is 2.16. The molecule has 1 fully saturated rings. The molecule has 0 bridgehead atoms. The van der Waals surface area contributed by atoms with Crippen molar-refractivity contribution in [3.8, 4) is 0 Å². The summed E-state index contributed by atoms with van der Waals surface area (Å²) in [4.78, 5) is 4.26. The van der Waals surface area contributed by atoms with Crippen LogP contribution in [0.4, 0.5) is 0 Å². The smallest absolute Gasteiger partial charge is 0.191 e. The van der Waals surface area contributed by atoms with Gasteiger partial charge in [-0.05, 0) is 32.1 Å². The fourth-order valence-corrected chi connectivity index (χ4v) is 2.29. The van der Waals surface area contributed by atoms with Gasteiger partial charge in [0, 0.05) is 27.2 Å². The topological polar surface area (TPSA) is 45.7 Å². The van der Waals surface area contributed by atoms with Crippen molar-refractivity contribution in [2.45, 2.75) is 52.1 Å². The molecule has 0 amide bonds. The first-order chi connectivity index (χ1) is 8.41. The van der Waals surface area contributed by atoms with E-state index < -0.39 is 0 Å². The second kappa shape index (κ2) is 6.41. The van der Waals surface area contributed by atoms with Crippen LogP contribution in [0.25, 0.3) is 0 Å². The largest absolute Gasteiger partial charge is 0.377 e. The standard InChI is InChI=1S/C14H29N3O/c1-13(2,18-5)10-16-12(15-4)17-11-14(3)8-6-7-9-14/h6-11H2,1-5H3,(H2,15,16,17). The third-order valence-corrected chi connectivity index (χ3v) is 3.95. The van der Waals surface area contributed by atoms with E-state index in [-0.39, 0.29) is 5.60 Å². The average Bonchev–Trinajstić information content (AvgIpc) is 2.77. The SMILES string of the molecule is CN=C(NCC1(C)CCCC1)NCC(C)(C)OC. The number of nitrogens with one attached hydrogen (secondary N) is 2. The van der Waals surface area contributed by atoms with Gasteiger partial charge in [0.15, 0.2) is 5.96 Å². The van der Waals surface area contributed by atoms with Crippen molar-refractivity contribution in [1.29, 1.82) is 0 Å². The van der Waals surface area contributed by atoms with Crippen molar-refractivity contribution in [2.75, 3.05) is 27.2 Å². The van der Waals surface area contributed by atoms with Crippen molar-refractivity contribution in [3.05, 3.63) is 0 Å². The quantitative estimate of drug-likeness (QED) is 0.584. The summed E-state index contributed by atoms with van der Waals surface area (Å²) in [6, 6.07) is 0. The fraction of sp³-hybridized carbons (Fsp3) is 0.929. The Morgan fingerprint density at radius 2 is 1.89 bits per heavy atom. The van der Waals surface area contributed by atoms with Crippen LogP contribution in [0.15, 0.2) is 4.99 Å². The van der Waals surface area contributed by atoms with Crippen molar-refractivity contribution >= 4 is 5.96 Å². The van der Waals surface area contributed by atoms with Crippen LogP contribution in [0.1, 0.15) is 46.5 Å². The second-order valence-corrected chi connectivity index (χ2v) is 6.26. The van der Waals surface area contributed by atoms with E-state index in [9.17, 15) is 0 Å². The van der Waals surface area contributed by atoms with Gasteiger partial charge in [0.1, 0.15) is 0 Å². The number of aliphatic imine (C=N–C) groups is 1. The first-order valence-corrected chi connectivity index (χ1v) is 6.90. The van der Waals surface area contributed by atoms with Crippen molar-refractivity contribution < 1.29 is 4.74 Å². The zero-order valence-corrected chi connectivity index (χ0v) is 12.6. The molecule has 0 aliphatic heterocycles. The fourth-order valence-electron chi connectivity index (χ4n) is 2.29. The number of nitrogens with zero attached hydrogens (tertiary/aromatic N) is 1. The summed E-state index contributed by atoms with van der Waals surface area (Å²) in [5, 5.41) is 6.75. The maximum Gasteiger partial charge on any atom is 0.191 e. The van der Waals surface area contributed by atoms with Crippen molar-refractivity contribution in [1.82, 2.24) is 10.6 Å². The summed E-state index contributed by atoms with van der Waals surface area (Å²) < 4.78 is 5.39. The lowest BCUT2D eigenvalue weighted by molar-refractivity contribution is 0.0268. The van der Waals surface area contributed by atoms with E-state index in [2.05, 4.69) is 36.4 Å². The Bertz CT molecular complexity index is 281. The number of rotatable bonds is 5. The molecule has 1 aliphatic rings. The molecule has 0 atom stereocenters.